The van der Waals surface area contributed by atoms with Crippen molar-refractivity contribution in [3.05, 3.63) is 94.9 Å². The van der Waals surface area contributed by atoms with E-state index in [1.807, 2.05) is 42.5 Å². The molecule has 7 nitrogen and oxygen atoms in total. The monoisotopic (exact) mass is 427 g/mol. The lowest BCUT2D eigenvalue weighted by atomic mass is 9.93. The lowest BCUT2D eigenvalue weighted by Crippen LogP contribution is -2.37. The highest BCUT2D eigenvalue weighted by molar-refractivity contribution is 6.31. The van der Waals surface area contributed by atoms with Gasteiger partial charge in [0.15, 0.2) is 11.5 Å². The molecular formula is C25H21N3O4. The van der Waals surface area contributed by atoms with E-state index in [0.717, 1.165) is 16.8 Å². The Morgan fingerprint density at radius 3 is 2.66 bits per heavy atom. The maximum absolute atomic E-state index is 12.5. The molecule has 0 fully saturated rings. The number of carbonyl (C=O) groups is 2. The van der Waals surface area contributed by atoms with Crippen molar-refractivity contribution < 1.29 is 19.4 Å². The normalized spacial score (nSPS) is 14.3. The number of benzene rings is 2. The van der Waals surface area contributed by atoms with E-state index in [1.165, 1.54) is 7.11 Å². The Balaban J connectivity index is 1.58. The molecule has 3 aromatic rings. The number of aromatic hydroxyl groups is 1. The number of nitrogens with zero attached hydrogens (tertiary/aromatic N) is 1. The molecule has 2 amide bonds. The zero-order chi connectivity index (χ0) is 22.5. The SMILES string of the molecule is COc1ccc(CN/C=C2\C(=O)NC(=O)c3ccc(/C=C/c4ccccn4)cc32)cc1O. The molecule has 0 atom stereocenters. The van der Waals surface area contributed by atoms with Crippen LogP contribution in [-0.2, 0) is 11.3 Å². The summed E-state index contributed by atoms with van der Waals surface area (Å²) in [5, 5.41) is 15.4. The van der Waals surface area contributed by atoms with Gasteiger partial charge in [0, 0.05) is 30.1 Å². The standard InChI is InChI=1S/C25H21N3O4/c1-32-23-10-7-17(13-22(23)29)14-26-15-21-20-12-16(5-8-18-4-2-3-11-27-18)6-9-19(20)24(30)28-25(21)31/h2-13,15,26,29H,14H2,1H3,(H,28,30,31)/b8-5+,21-15-. The predicted octanol–water partition coefficient (Wildman–Crippen LogP) is 3.37. The van der Waals surface area contributed by atoms with Gasteiger partial charge in [-0.15, -0.1) is 0 Å². The summed E-state index contributed by atoms with van der Waals surface area (Å²) in [6.07, 6.45) is 7.04. The summed E-state index contributed by atoms with van der Waals surface area (Å²) >= 11 is 0. The van der Waals surface area contributed by atoms with Crippen LogP contribution in [0.1, 0.15) is 32.7 Å². The summed E-state index contributed by atoms with van der Waals surface area (Å²) in [6.45, 7) is 0.372. The van der Waals surface area contributed by atoms with Gasteiger partial charge in [-0.25, -0.2) is 0 Å². The van der Waals surface area contributed by atoms with Crippen LogP contribution in [0, 0.1) is 0 Å². The summed E-state index contributed by atoms with van der Waals surface area (Å²) in [5.74, 6) is -0.478. The summed E-state index contributed by atoms with van der Waals surface area (Å²) in [4.78, 5) is 29.0. The Morgan fingerprint density at radius 2 is 1.91 bits per heavy atom. The molecule has 1 aliphatic rings. The first-order valence-corrected chi connectivity index (χ1v) is 9.94. The number of carbonyl (C=O) groups excluding carboxylic acids is 2. The summed E-state index contributed by atoms with van der Waals surface area (Å²) in [5.41, 5.74) is 3.77. The number of ether oxygens (including phenoxy) is 1. The molecule has 0 saturated carbocycles. The average Bonchev–Trinajstić information content (AvgIpc) is 2.80. The van der Waals surface area contributed by atoms with Gasteiger partial charge in [-0.1, -0.05) is 24.3 Å². The minimum absolute atomic E-state index is 0.0372. The number of imide groups is 1. The van der Waals surface area contributed by atoms with Crippen molar-refractivity contribution in [1.29, 1.82) is 0 Å². The molecule has 0 unspecified atom stereocenters. The molecule has 0 saturated heterocycles. The minimum atomic E-state index is -0.474. The predicted molar refractivity (Wildman–Crippen MR) is 122 cm³/mol. The van der Waals surface area contributed by atoms with Crippen molar-refractivity contribution in [2.24, 2.45) is 0 Å². The van der Waals surface area contributed by atoms with Gasteiger partial charge in [-0.3, -0.25) is 19.9 Å². The lowest BCUT2D eigenvalue weighted by molar-refractivity contribution is -0.114. The van der Waals surface area contributed by atoms with Crippen LogP contribution < -0.4 is 15.4 Å². The van der Waals surface area contributed by atoms with E-state index < -0.39 is 11.8 Å². The van der Waals surface area contributed by atoms with Crippen molar-refractivity contribution >= 4 is 29.5 Å². The second-order valence-corrected chi connectivity index (χ2v) is 7.12. The summed E-state index contributed by atoms with van der Waals surface area (Å²) < 4.78 is 5.05. The van der Waals surface area contributed by atoms with Gasteiger partial charge in [-0.05, 0) is 53.6 Å². The number of nitrogens with one attached hydrogen (secondary N) is 2. The van der Waals surface area contributed by atoms with Crippen molar-refractivity contribution in [2.75, 3.05) is 7.11 Å². The number of methoxy groups -OCH3 is 1. The third kappa shape index (κ3) is 4.52. The number of amides is 2. The number of hydrogen-bond acceptors (Lipinski definition) is 6. The molecule has 2 aromatic carbocycles. The molecule has 0 bridgehead atoms. The van der Waals surface area contributed by atoms with Crippen molar-refractivity contribution in [3.63, 3.8) is 0 Å². The third-order valence-corrected chi connectivity index (χ3v) is 4.98. The molecule has 0 radical (unpaired) electrons. The van der Waals surface area contributed by atoms with E-state index in [0.29, 0.717) is 29.0 Å². The first kappa shape index (κ1) is 20.9. The second-order valence-electron chi connectivity index (χ2n) is 7.12. The molecule has 3 N–H and O–H groups in total. The Hall–Kier alpha value is -4.39. The summed E-state index contributed by atoms with van der Waals surface area (Å²) in [6, 6.07) is 16.0. The van der Waals surface area contributed by atoms with Crippen LogP contribution in [0.2, 0.25) is 0 Å². The van der Waals surface area contributed by atoms with Crippen molar-refractivity contribution in [2.45, 2.75) is 6.54 Å². The maximum atomic E-state index is 12.5. The highest BCUT2D eigenvalue weighted by atomic mass is 16.5. The van der Waals surface area contributed by atoms with Gasteiger partial charge < -0.3 is 15.2 Å². The molecule has 0 aliphatic carbocycles. The van der Waals surface area contributed by atoms with Crippen LogP contribution in [0.4, 0.5) is 0 Å². The molecule has 4 rings (SSSR count). The van der Waals surface area contributed by atoms with E-state index in [4.69, 9.17) is 4.74 Å². The number of hydrogen-bond donors (Lipinski definition) is 3. The average molecular weight is 427 g/mol. The minimum Gasteiger partial charge on any atom is -0.504 e. The van der Waals surface area contributed by atoms with E-state index in [2.05, 4.69) is 15.6 Å². The number of aromatic nitrogens is 1. The van der Waals surface area contributed by atoms with Crippen LogP contribution >= 0.6 is 0 Å². The highest BCUT2D eigenvalue weighted by Gasteiger charge is 2.27. The number of phenols is 1. The molecule has 160 valence electrons. The van der Waals surface area contributed by atoms with Crippen LogP contribution in [0.5, 0.6) is 11.5 Å². The van der Waals surface area contributed by atoms with Crippen molar-refractivity contribution in [1.82, 2.24) is 15.6 Å². The lowest BCUT2D eigenvalue weighted by Gasteiger charge is -2.19. The molecule has 0 spiro atoms. The number of phenolic OH excluding ortho intramolecular Hbond substituents is 1. The van der Waals surface area contributed by atoms with Gasteiger partial charge in [0.1, 0.15) is 0 Å². The fraction of sp³-hybridized carbons (Fsp3) is 0.0800. The van der Waals surface area contributed by atoms with Crippen LogP contribution in [0.3, 0.4) is 0 Å². The van der Waals surface area contributed by atoms with Crippen LogP contribution in [0.25, 0.3) is 17.7 Å². The van der Waals surface area contributed by atoms with Gasteiger partial charge >= 0.3 is 0 Å². The quantitative estimate of drug-likeness (QED) is 0.412. The highest BCUT2D eigenvalue weighted by Crippen LogP contribution is 2.27. The molecule has 32 heavy (non-hydrogen) atoms. The topological polar surface area (TPSA) is 101 Å². The number of rotatable bonds is 6. The van der Waals surface area contributed by atoms with E-state index in [9.17, 15) is 14.7 Å². The van der Waals surface area contributed by atoms with Gasteiger partial charge in [0.05, 0.1) is 18.4 Å². The van der Waals surface area contributed by atoms with Crippen LogP contribution in [0.15, 0.2) is 67.0 Å². The van der Waals surface area contributed by atoms with E-state index in [-0.39, 0.29) is 5.75 Å². The third-order valence-electron chi connectivity index (χ3n) is 4.98. The fourth-order valence-corrected chi connectivity index (χ4v) is 3.36. The smallest absolute Gasteiger partial charge is 0.260 e. The first-order chi connectivity index (χ1) is 15.5. The largest absolute Gasteiger partial charge is 0.504 e. The molecule has 7 heteroatoms. The Kier molecular flexibility index (Phi) is 5.98. The zero-order valence-electron chi connectivity index (χ0n) is 17.3. The van der Waals surface area contributed by atoms with Gasteiger partial charge in [0.2, 0.25) is 0 Å². The first-order valence-electron chi connectivity index (χ1n) is 9.94. The number of pyridine rings is 1. The molecule has 2 heterocycles. The van der Waals surface area contributed by atoms with E-state index >= 15 is 0 Å². The Bertz CT molecular complexity index is 1230. The summed E-state index contributed by atoms with van der Waals surface area (Å²) in [7, 11) is 1.48. The molecular weight excluding hydrogens is 406 g/mol. The van der Waals surface area contributed by atoms with Gasteiger partial charge in [-0.2, -0.15) is 0 Å². The zero-order valence-corrected chi connectivity index (χ0v) is 17.3. The van der Waals surface area contributed by atoms with Crippen LogP contribution in [-0.4, -0.2) is 29.0 Å². The molecule has 1 aliphatic heterocycles. The molecule has 1 aromatic heterocycles. The fourth-order valence-electron chi connectivity index (χ4n) is 3.36. The maximum Gasteiger partial charge on any atom is 0.260 e. The second kappa shape index (κ2) is 9.18. The Labute approximate surface area is 185 Å². The Morgan fingerprint density at radius 1 is 1.03 bits per heavy atom. The van der Waals surface area contributed by atoms with Gasteiger partial charge in [0.25, 0.3) is 11.8 Å². The number of fused-ring (bicyclic) bond motifs is 1. The van der Waals surface area contributed by atoms with Crippen molar-refractivity contribution in [3.8, 4) is 11.5 Å². The van der Waals surface area contributed by atoms with E-state index in [1.54, 1.807) is 36.7 Å².